The molecule has 3 rings (SSSR count). The van der Waals surface area contributed by atoms with Gasteiger partial charge in [0.25, 0.3) is 5.69 Å². The Labute approximate surface area is 223 Å². The number of carbonyl (C=O) groups excluding carboxylic acids is 2. The van der Waals surface area contributed by atoms with Crippen LogP contribution in [0.25, 0.3) is 0 Å². The molecule has 7 nitrogen and oxygen atoms in total. The number of hydrogen-bond acceptors (Lipinski definition) is 5. The van der Waals surface area contributed by atoms with Gasteiger partial charge in [-0.05, 0) is 35.7 Å². The van der Waals surface area contributed by atoms with Gasteiger partial charge in [0.1, 0.15) is 6.04 Å². The quantitative estimate of drug-likeness (QED) is 0.234. The molecule has 0 aromatic heterocycles. The fourth-order valence-electron chi connectivity index (χ4n) is 3.73. The monoisotopic (exact) mass is 569 g/mol. The molecule has 188 valence electrons. The lowest BCUT2D eigenvalue weighted by molar-refractivity contribution is -0.384. The Morgan fingerprint density at radius 2 is 1.69 bits per heavy atom. The number of halogens is 1. The highest BCUT2D eigenvalue weighted by atomic mass is 79.9. The van der Waals surface area contributed by atoms with Crippen LogP contribution in [-0.4, -0.2) is 40.0 Å². The molecule has 9 heteroatoms. The van der Waals surface area contributed by atoms with Crippen molar-refractivity contribution in [2.45, 2.75) is 31.7 Å². The summed E-state index contributed by atoms with van der Waals surface area (Å²) in [6.07, 6.45) is 0.402. The second-order valence-corrected chi connectivity index (χ2v) is 10.1. The number of nitro benzene ring substituents is 1. The van der Waals surface area contributed by atoms with E-state index >= 15 is 0 Å². The number of rotatable bonds is 12. The third-order valence-corrected chi connectivity index (χ3v) is 6.99. The molecule has 0 radical (unpaired) electrons. The Morgan fingerprint density at radius 1 is 1.00 bits per heavy atom. The predicted molar refractivity (Wildman–Crippen MR) is 147 cm³/mol. The Hall–Kier alpha value is -3.17. The van der Waals surface area contributed by atoms with Gasteiger partial charge < -0.3 is 10.2 Å². The Bertz CT molecular complexity index is 1180. The van der Waals surface area contributed by atoms with E-state index in [1.807, 2.05) is 61.5 Å². The average Bonchev–Trinajstić information content (AvgIpc) is 2.87. The molecule has 0 aliphatic carbocycles. The molecule has 0 saturated heterocycles. The summed E-state index contributed by atoms with van der Waals surface area (Å²) in [5.41, 5.74) is 2.81. The number of carbonyl (C=O) groups is 2. The van der Waals surface area contributed by atoms with Crippen molar-refractivity contribution in [1.82, 2.24) is 10.2 Å². The minimum Gasteiger partial charge on any atom is -0.355 e. The Kier molecular flexibility index (Phi) is 10.5. The predicted octanol–water partition coefficient (Wildman–Crippen LogP) is 5.37. The van der Waals surface area contributed by atoms with Gasteiger partial charge in [-0.3, -0.25) is 19.7 Å². The molecule has 3 aromatic rings. The summed E-state index contributed by atoms with van der Waals surface area (Å²) >= 11 is 4.90. The number of non-ortho nitro benzene ring substituents is 1. The van der Waals surface area contributed by atoms with Crippen LogP contribution in [0, 0.1) is 10.1 Å². The molecule has 1 N–H and O–H groups in total. The fourth-order valence-corrected chi connectivity index (χ4v) is 5.05. The van der Waals surface area contributed by atoms with Crippen LogP contribution in [-0.2, 0) is 28.3 Å². The molecule has 0 unspecified atom stereocenters. The van der Waals surface area contributed by atoms with E-state index in [0.717, 1.165) is 21.2 Å². The number of nitrogens with zero attached hydrogens (tertiary/aromatic N) is 2. The van der Waals surface area contributed by atoms with Gasteiger partial charge >= 0.3 is 0 Å². The van der Waals surface area contributed by atoms with Gasteiger partial charge in [0.05, 0.1) is 10.7 Å². The molecular weight excluding hydrogens is 542 g/mol. The third kappa shape index (κ3) is 8.20. The summed E-state index contributed by atoms with van der Waals surface area (Å²) < 4.78 is 0.901. The van der Waals surface area contributed by atoms with Gasteiger partial charge in [0.15, 0.2) is 0 Å². The minimum absolute atomic E-state index is 0.0331. The third-order valence-electron chi connectivity index (χ3n) is 5.51. The van der Waals surface area contributed by atoms with Gasteiger partial charge in [0, 0.05) is 41.9 Å². The molecule has 0 fully saturated rings. The topological polar surface area (TPSA) is 92.6 Å². The van der Waals surface area contributed by atoms with E-state index in [9.17, 15) is 19.7 Å². The van der Waals surface area contributed by atoms with Crippen molar-refractivity contribution >= 4 is 45.2 Å². The number of amides is 2. The summed E-state index contributed by atoms with van der Waals surface area (Å²) in [5, 5.41) is 13.8. The summed E-state index contributed by atoms with van der Waals surface area (Å²) in [6.45, 7) is 2.63. The van der Waals surface area contributed by atoms with Crippen molar-refractivity contribution in [2.75, 3.05) is 12.3 Å². The fraction of sp³-hybridized carbons (Fsp3) is 0.259. The van der Waals surface area contributed by atoms with Crippen molar-refractivity contribution in [2.24, 2.45) is 0 Å². The van der Waals surface area contributed by atoms with Crippen LogP contribution in [0.1, 0.15) is 23.6 Å². The Morgan fingerprint density at radius 3 is 2.33 bits per heavy atom. The molecule has 36 heavy (non-hydrogen) atoms. The van der Waals surface area contributed by atoms with Crippen LogP contribution in [0.15, 0.2) is 83.3 Å². The van der Waals surface area contributed by atoms with Crippen molar-refractivity contribution in [3.05, 3.63) is 110 Å². The molecule has 0 aliphatic heterocycles. The van der Waals surface area contributed by atoms with Crippen LogP contribution in [0.2, 0.25) is 0 Å². The second kappa shape index (κ2) is 13.8. The SMILES string of the molecule is CCNC(=O)[C@H](Cc1ccccc1)N(Cc1cccc(Br)c1)C(=O)CSCc1ccc([N+](=O)[O-])cc1. The maximum atomic E-state index is 13.5. The highest BCUT2D eigenvalue weighted by Crippen LogP contribution is 2.21. The minimum atomic E-state index is -0.668. The van der Waals surface area contributed by atoms with Crippen LogP contribution in [0.5, 0.6) is 0 Å². The summed E-state index contributed by atoms with van der Waals surface area (Å²) in [5.74, 6) is 0.369. The summed E-state index contributed by atoms with van der Waals surface area (Å²) in [6, 6.07) is 23.0. The molecule has 0 saturated carbocycles. The molecule has 0 bridgehead atoms. The number of likely N-dealkylation sites (N-methyl/N-ethyl adjacent to an activating group) is 1. The van der Waals surface area contributed by atoms with E-state index < -0.39 is 11.0 Å². The van der Waals surface area contributed by atoms with E-state index in [1.165, 1.54) is 23.9 Å². The maximum Gasteiger partial charge on any atom is 0.269 e. The Balaban J connectivity index is 1.79. The molecule has 0 heterocycles. The van der Waals surface area contributed by atoms with Crippen LogP contribution >= 0.6 is 27.7 Å². The van der Waals surface area contributed by atoms with Crippen LogP contribution < -0.4 is 5.32 Å². The largest absolute Gasteiger partial charge is 0.355 e. The van der Waals surface area contributed by atoms with Crippen LogP contribution in [0.3, 0.4) is 0 Å². The summed E-state index contributed by atoms with van der Waals surface area (Å²) in [4.78, 5) is 38.8. The van der Waals surface area contributed by atoms with Gasteiger partial charge in [-0.15, -0.1) is 11.8 Å². The van der Waals surface area contributed by atoms with Gasteiger partial charge in [-0.2, -0.15) is 0 Å². The van der Waals surface area contributed by atoms with Crippen molar-refractivity contribution < 1.29 is 14.5 Å². The molecule has 3 aromatic carbocycles. The van der Waals surface area contributed by atoms with E-state index in [4.69, 9.17) is 0 Å². The lowest BCUT2D eigenvalue weighted by atomic mass is 10.0. The highest BCUT2D eigenvalue weighted by Gasteiger charge is 2.30. The van der Waals surface area contributed by atoms with Crippen LogP contribution in [0.4, 0.5) is 5.69 Å². The first-order valence-electron chi connectivity index (χ1n) is 11.5. The van der Waals surface area contributed by atoms with Gasteiger partial charge in [-0.25, -0.2) is 0 Å². The smallest absolute Gasteiger partial charge is 0.269 e. The summed E-state index contributed by atoms with van der Waals surface area (Å²) in [7, 11) is 0. The standard InChI is InChI=1S/C27H28BrN3O4S/c1-2-29-27(33)25(16-20-7-4-3-5-8-20)30(17-22-9-6-10-23(28)15-22)26(32)19-36-18-21-11-13-24(14-12-21)31(34)35/h3-15,25H,2,16-19H2,1H3,(H,29,33)/t25-/m0/s1. The van der Waals surface area contributed by atoms with Gasteiger partial charge in [0.2, 0.25) is 11.8 Å². The number of nitrogens with one attached hydrogen (secondary N) is 1. The van der Waals surface area contributed by atoms with Crippen molar-refractivity contribution in [3.63, 3.8) is 0 Å². The maximum absolute atomic E-state index is 13.5. The normalized spacial score (nSPS) is 11.5. The number of nitro groups is 1. The highest BCUT2D eigenvalue weighted by molar-refractivity contribution is 9.10. The van der Waals surface area contributed by atoms with Crippen molar-refractivity contribution in [3.8, 4) is 0 Å². The van der Waals surface area contributed by atoms with Crippen molar-refractivity contribution in [1.29, 1.82) is 0 Å². The van der Waals surface area contributed by atoms with E-state index in [-0.39, 0.29) is 23.3 Å². The zero-order valence-electron chi connectivity index (χ0n) is 19.9. The van der Waals surface area contributed by atoms with E-state index in [0.29, 0.717) is 25.3 Å². The lowest BCUT2D eigenvalue weighted by Gasteiger charge is -2.31. The number of thioether (sulfide) groups is 1. The van der Waals surface area contributed by atoms with E-state index in [1.54, 1.807) is 17.0 Å². The molecular formula is C27H28BrN3O4S. The molecule has 0 aliphatic rings. The molecule has 0 spiro atoms. The van der Waals surface area contributed by atoms with E-state index in [2.05, 4.69) is 21.2 Å². The lowest BCUT2D eigenvalue weighted by Crippen LogP contribution is -2.51. The molecule has 1 atom stereocenters. The second-order valence-electron chi connectivity index (χ2n) is 8.17. The zero-order valence-corrected chi connectivity index (χ0v) is 22.3. The average molecular weight is 571 g/mol. The first-order chi connectivity index (χ1) is 17.4. The first-order valence-corrected chi connectivity index (χ1v) is 13.5. The zero-order chi connectivity index (χ0) is 25.9. The number of benzene rings is 3. The number of hydrogen-bond donors (Lipinski definition) is 1. The molecule has 2 amide bonds. The first kappa shape index (κ1) is 27.4. The van der Waals surface area contributed by atoms with Gasteiger partial charge in [-0.1, -0.05) is 70.5 Å².